The predicted molar refractivity (Wildman–Crippen MR) is 109 cm³/mol. The van der Waals surface area contributed by atoms with Crippen molar-refractivity contribution in [3.8, 4) is 5.75 Å². The summed E-state index contributed by atoms with van der Waals surface area (Å²) in [6.45, 7) is 7.26. The summed E-state index contributed by atoms with van der Waals surface area (Å²) in [5, 5.41) is 10.5. The summed E-state index contributed by atoms with van der Waals surface area (Å²) in [5.74, 6) is -1.39. The molecule has 1 fully saturated rings. The molecule has 1 saturated carbocycles. The number of carbonyl (C=O) groups is 1. The molecule has 148 valence electrons. The van der Waals surface area contributed by atoms with E-state index in [4.69, 9.17) is 21.1 Å². The van der Waals surface area contributed by atoms with Gasteiger partial charge in [0.25, 0.3) is 0 Å². The number of rotatable bonds is 5. The summed E-state index contributed by atoms with van der Waals surface area (Å²) in [6, 6.07) is 5.15. The second-order valence-electron chi connectivity index (χ2n) is 7.09. The van der Waals surface area contributed by atoms with Gasteiger partial charge in [-0.2, -0.15) is 12.6 Å². The van der Waals surface area contributed by atoms with Crippen LogP contribution in [-0.2, 0) is 16.0 Å². The fourth-order valence-corrected chi connectivity index (χ4v) is 3.32. The number of para-hydroxylation sites is 1. The molecule has 0 aromatic heterocycles. The first-order chi connectivity index (χ1) is 12.2. The van der Waals surface area contributed by atoms with Crippen LogP contribution in [0.1, 0.15) is 65.4 Å². The van der Waals surface area contributed by atoms with E-state index in [1.54, 1.807) is 18.2 Å². The number of ether oxygens (including phenoxy) is 2. The van der Waals surface area contributed by atoms with E-state index in [9.17, 15) is 9.90 Å². The van der Waals surface area contributed by atoms with Gasteiger partial charge in [-0.1, -0.05) is 44.0 Å². The lowest BCUT2D eigenvalue weighted by Gasteiger charge is -2.26. The highest BCUT2D eigenvalue weighted by atomic mass is 35.5. The highest BCUT2D eigenvalue weighted by molar-refractivity contribution is 7.80. The SMILES string of the molecule is CC(C)(O)Oc1c(Cl)cccc1CC(=O)OC1CCCC(S)C1.CCC. The lowest BCUT2D eigenvalue weighted by molar-refractivity contribution is -0.149. The highest BCUT2D eigenvalue weighted by Crippen LogP contribution is 2.32. The molecular weight excluding hydrogens is 372 g/mol. The topological polar surface area (TPSA) is 55.8 Å². The maximum absolute atomic E-state index is 12.2. The van der Waals surface area contributed by atoms with E-state index in [0.717, 1.165) is 25.7 Å². The Bertz CT molecular complexity index is 571. The van der Waals surface area contributed by atoms with Gasteiger partial charge in [0.2, 0.25) is 5.79 Å². The van der Waals surface area contributed by atoms with Crippen molar-refractivity contribution in [1.82, 2.24) is 0 Å². The first-order valence-corrected chi connectivity index (χ1v) is 10.1. The fourth-order valence-electron chi connectivity index (χ4n) is 2.67. The Balaban J connectivity index is 0.00000105. The summed E-state index contributed by atoms with van der Waals surface area (Å²) in [7, 11) is 0. The van der Waals surface area contributed by atoms with E-state index in [2.05, 4.69) is 26.5 Å². The molecule has 0 radical (unpaired) electrons. The summed E-state index contributed by atoms with van der Waals surface area (Å²) in [4.78, 5) is 12.2. The van der Waals surface area contributed by atoms with Gasteiger partial charge in [-0.05, 0) is 31.7 Å². The van der Waals surface area contributed by atoms with Crippen LogP contribution in [0.2, 0.25) is 5.02 Å². The number of benzene rings is 1. The van der Waals surface area contributed by atoms with Crippen LogP contribution in [0.3, 0.4) is 0 Å². The van der Waals surface area contributed by atoms with Crippen molar-refractivity contribution in [1.29, 1.82) is 0 Å². The van der Waals surface area contributed by atoms with Gasteiger partial charge in [0.05, 0.1) is 11.4 Å². The lowest BCUT2D eigenvalue weighted by atomic mass is 9.97. The van der Waals surface area contributed by atoms with E-state index in [1.807, 2.05) is 0 Å². The molecule has 2 rings (SSSR count). The van der Waals surface area contributed by atoms with Crippen molar-refractivity contribution in [2.45, 2.75) is 83.4 Å². The molecule has 4 nitrogen and oxygen atoms in total. The van der Waals surface area contributed by atoms with Crippen molar-refractivity contribution >= 4 is 30.2 Å². The Morgan fingerprint density at radius 2 is 2.00 bits per heavy atom. The number of halogens is 1. The minimum atomic E-state index is -1.38. The number of hydrogen-bond donors (Lipinski definition) is 2. The first-order valence-electron chi connectivity index (χ1n) is 9.22. The van der Waals surface area contributed by atoms with Crippen molar-refractivity contribution in [3.63, 3.8) is 0 Å². The molecule has 0 heterocycles. The van der Waals surface area contributed by atoms with Crippen LogP contribution < -0.4 is 4.74 Å². The van der Waals surface area contributed by atoms with Gasteiger partial charge in [-0.15, -0.1) is 0 Å². The summed E-state index contributed by atoms with van der Waals surface area (Å²) >= 11 is 10.6. The van der Waals surface area contributed by atoms with E-state index < -0.39 is 5.79 Å². The third kappa shape index (κ3) is 8.65. The standard InChI is InChI=1S/C17H23ClO4S.C3H8/c1-17(2,20)22-16-11(5-3-8-14(16)18)9-15(19)21-12-6-4-7-13(23)10-12;1-3-2/h3,5,8,12-13,20,23H,4,6-7,9-10H2,1-2H3;3H2,1-2H3. The average Bonchev–Trinajstić information content (AvgIpc) is 2.50. The molecule has 0 bridgehead atoms. The van der Waals surface area contributed by atoms with E-state index in [0.29, 0.717) is 21.6 Å². The Morgan fingerprint density at radius 3 is 2.58 bits per heavy atom. The zero-order chi connectivity index (χ0) is 19.7. The zero-order valence-corrected chi connectivity index (χ0v) is 17.8. The molecule has 0 amide bonds. The molecule has 0 spiro atoms. The van der Waals surface area contributed by atoms with Gasteiger partial charge in [0.1, 0.15) is 11.9 Å². The molecule has 6 heteroatoms. The Morgan fingerprint density at radius 1 is 1.35 bits per heavy atom. The molecule has 1 aromatic rings. The molecule has 0 saturated heterocycles. The molecule has 2 atom stereocenters. The average molecular weight is 403 g/mol. The van der Waals surface area contributed by atoms with Crippen LogP contribution in [0.5, 0.6) is 5.75 Å². The maximum atomic E-state index is 12.2. The monoisotopic (exact) mass is 402 g/mol. The van der Waals surface area contributed by atoms with Gasteiger partial charge in [0.15, 0.2) is 0 Å². The van der Waals surface area contributed by atoms with Gasteiger partial charge in [-0.3, -0.25) is 4.79 Å². The summed E-state index contributed by atoms with van der Waals surface area (Å²) < 4.78 is 11.0. The van der Waals surface area contributed by atoms with Crippen LogP contribution in [-0.4, -0.2) is 28.2 Å². The number of esters is 1. The molecule has 26 heavy (non-hydrogen) atoms. The van der Waals surface area contributed by atoms with Crippen LogP contribution in [0.25, 0.3) is 0 Å². The number of carbonyl (C=O) groups excluding carboxylic acids is 1. The van der Waals surface area contributed by atoms with E-state index >= 15 is 0 Å². The molecular formula is C20H31ClO4S. The molecule has 1 aliphatic rings. The quantitative estimate of drug-likeness (QED) is 0.404. The zero-order valence-electron chi connectivity index (χ0n) is 16.1. The fraction of sp³-hybridized carbons (Fsp3) is 0.650. The predicted octanol–water partition coefficient (Wildman–Crippen LogP) is 5.19. The van der Waals surface area contributed by atoms with Gasteiger partial charge < -0.3 is 14.6 Å². The largest absolute Gasteiger partial charge is 0.462 e. The number of thiol groups is 1. The Hall–Kier alpha value is -0.910. The van der Waals surface area contributed by atoms with Gasteiger partial charge in [0, 0.05) is 24.7 Å². The Labute approximate surface area is 167 Å². The second-order valence-corrected chi connectivity index (χ2v) is 8.23. The van der Waals surface area contributed by atoms with Crippen LogP contribution in [0.4, 0.5) is 0 Å². The van der Waals surface area contributed by atoms with Crippen molar-refractivity contribution in [2.24, 2.45) is 0 Å². The first kappa shape index (κ1) is 23.1. The van der Waals surface area contributed by atoms with Crippen LogP contribution >= 0.6 is 24.2 Å². The van der Waals surface area contributed by atoms with E-state index in [-0.39, 0.29) is 18.5 Å². The minimum absolute atomic E-state index is 0.0553. The highest BCUT2D eigenvalue weighted by Gasteiger charge is 2.24. The smallest absolute Gasteiger partial charge is 0.310 e. The normalized spacial score (nSPS) is 20.0. The lowest BCUT2D eigenvalue weighted by Crippen LogP contribution is -2.29. The minimum Gasteiger partial charge on any atom is -0.462 e. The molecule has 1 N–H and O–H groups in total. The van der Waals surface area contributed by atoms with Crippen LogP contribution in [0.15, 0.2) is 18.2 Å². The molecule has 1 aromatic carbocycles. The maximum Gasteiger partial charge on any atom is 0.310 e. The van der Waals surface area contributed by atoms with Crippen LogP contribution in [0, 0.1) is 0 Å². The van der Waals surface area contributed by atoms with Crippen molar-refractivity contribution < 1.29 is 19.4 Å². The third-order valence-corrected chi connectivity index (χ3v) is 4.40. The van der Waals surface area contributed by atoms with Crippen molar-refractivity contribution in [2.75, 3.05) is 0 Å². The van der Waals surface area contributed by atoms with Gasteiger partial charge in [-0.25, -0.2) is 0 Å². The Kier molecular flexibility index (Phi) is 9.83. The van der Waals surface area contributed by atoms with Gasteiger partial charge >= 0.3 is 5.97 Å². The molecule has 0 aliphatic heterocycles. The molecule has 2 unspecified atom stereocenters. The second kappa shape index (κ2) is 11.1. The molecule has 1 aliphatic carbocycles. The number of aliphatic hydroxyl groups is 1. The summed E-state index contributed by atoms with van der Waals surface area (Å²) in [5.41, 5.74) is 0.600. The van der Waals surface area contributed by atoms with E-state index in [1.165, 1.54) is 20.3 Å². The number of hydrogen-bond acceptors (Lipinski definition) is 5. The third-order valence-electron chi connectivity index (χ3n) is 3.63. The van der Waals surface area contributed by atoms with Crippen molar-refractivity contribution in [3.05, 3.63) is 28.8 Å². The summed E-state index contributed by atoms with van der Waals surface area (Å²) in [6.07, 6.45) is 4.99.